The molecular weight excluding hydrogens is 232 g/mol. The molecule has 2 aromatic rings. The Morgan fingerprint density at radius 3 is 3.24 bits per heavy atom. The fourth-order valence-electron chi connectivity index (χ4n) is 2.05. The van der Waals surface area contributed by atoms with E-state index in [-0.39, 0.29) is 5.78 Å². The summed E-state index contributed by atoms with van der Waals surface area (Å²) < 4.78 is 0. The maximum atomic E-state index is 12.1. The summed E-state index contributed by atoms with van der Waals surface area (Å²) in [7, 11) is 0. The second-order valence-electron chi connectivity index (χ2n) is 4.12. The number of aromatic nitrogens is 1. The standard InChI is InChI=1S/C13H12N2OS/c16-13(6-11-7-14-8-17-11)10-2-1-9-3-4-15-12(9)5-10/h1-2,5,7-8,15H,3-4,6H2. The van der Waals surface area contributed by atoms with Crippen LogP contribution in [0.4, 0.5) is 5.69 Å². The van der Waals surface area contributed by atoms with Crippen molar-refractivity contribution in [2.45, 2.75) is 12.8 Å². The van der Waals surface area contributed by atoms with Crippen LogP contribution in [0.1, 0.15) is 20.8 Å². The van der Waals surface area contributed by atoms with E-state index in [4.69, 9.17) is 0 Å². The molecule has 0 amide bonds. The zero-order valence-electron chi connectivity index (χ0n) is 9.27. The SMILES string of the molecule is O=C(Cc1cncs1)c1ccc2c(c1)NCC2. The highest BCUT2D eigenvalue weighted by Gasteiger charge is 2.14. The van der Waals surface area contributed by atoms with Crippen LogP contribution in [-0.2, 0) is 12.8 Å². The van der Waals surface area contributed by atoms with Crippen molar-refractivity contribution in [2.75, 3.05) is 11.9 Å². The highest BCUT2D eigenvalue weighted by molar-refractivity contribution is 7.09. The average molecular weight is 244 g/mol. The number of hydrogen-bond donors (Lipinski definition) is 1. The summed E-state index contributed by atoms with van der Waals surface area (Å²) in [4.78, 5) is 17.1. The van der Waals surface area contributed by atoms with Crippen LogP contribution in [-0.4, -0.2) is 17.3 Å². The fourth-order valence-corrected chi connectivity index (χ4v) is 2.65. The van der Waals surface area contributed by atoms with Crippen LogP contribution in [0.25, 0.3) is 0 Å². The van der Waals surface area contributed by atoms with Crippen molar-refractivity contribution in [1.82, 2.24) is 4.98 Å². The van der Waals surface area contributed by atoms with E-state index in [0.29, 0.717) is 6.42 Å². The van der Waals surface area contributed by atoms with Crippen molar-refractivity contribution in [1.29, 1.82) is 0 Å². The van der Waals surface area contributed by atoms with Gasteiger partial charge in [-0.3, -0.25) is 9.78 Å². The molecule has 1 aromatic heterocycles. The van der Waals surface area contributed by atoms with E-state index in [1.165, 1.54) is 16.9 Å². The number of carbonyl (C=O) groups is 1. The molecule has 1 aliphatic heterocycles. The van der Waals surface area contributed by atoms with Gasteiger partial charge >= 0.3 is 0 Å². The van der Waals surface area contributed by atoms with Crippen LogP contribution in [0, 0.1) is 0 Å². The second-order valence-corrected chi connectivity index (χ2v) is 5.09. The highest BCUT2D eigenvalue weighted by atomic mass is 32.1. The number of rotatable bonds is 3. The maximum Gasteiger partial charge on any atom is 0.168 e. The smallest absolute Gasteiger partial charge is 0.168 e. The Morgan fingerprint density at radius 1 is 1.47 bits per heavy atom. The van der Waals surface area contributed by atoms with Crippen LogP contribution in [0.3, 0.4) is 0 Å². The van der Waals surface area contributed by atoms with Crippen LogP contribution in [0.15, 0.2) is 29.9 Å². The average Bonchev–Trinajstić information content (AvgIpc) is 2.97. The molecule has 3 nitrogen and oxygen atoms in total. The lowest BCUT2D eigenvalue weighted by Gasteiger charge is -2.03. The summed E-state index contributed by atoms with van der Waals surface area (Å²) >= 11 is 1.52. The predicted octanol–water partition coefficient (Wildman–Crippen LogP) is 2.54. The van der Waals surface area contributed by atoms with E-state index in [0.717, 1.165) is 29.1 Å². The second kappa shape index (κ2) is 4.30. The van der Waals surface area contributed by atoms with Crippen LogP contribution in [0.2, 0.25) is 0 Å². The molecule has 1 aliphatic rings. The molecule has 0 saturated carbocycles. The zero-order valence-corrected chi connectivity index (χ0v) is 10.1. The lowest BCUT2D eigenvalue weighted by Crippen LogP contribution is -2.02. The summed E-state index contributed by atoms with van der Waals surface area (Å²) in [6.45, 7) is 0.974. The first kappa shape index (κ1) is 10.5. The Kier molecular flexibility index (Phi) is 2.65. The number of Topliss-reactive ketones (excluding diaryl/α,β-unsaturated/α-hetero) is 1. The Balaban J connectivity index is 1.82. The van der Waals surface area contributed by atoms with Crippen LogP contribution < -0.4 is 5.32 Å². The molecule has 1 N–H and O–H groups in total. The molecule has 0 unspecified atom stereocenters. The lowest BCUT2D eigenvalue weighted by atomic mass is 10.0. The molecule has 0 spiro atoms. The topological polar surface area (TPSA) is 42.0 Å². The third-order valence-corrected chi connectivity index (χ3v) is 3.74. The quantitative estimate of drug-likeness (QED) is 0.844. The number of carbonyl (C=O) groups excluding carboxylic acids is 1. The van der Waals surface area contributed by atoms with Gasteiger partial charge in [0.05, 0.1) is 5.51 Å². The minimum atomic E-state index is 0.158. The van der Waals surface area contributed by atoms with E-state index in [1.807, 2.05) is 12.1 Å². The zero-order chi connectivity index (χ0) is 11.7. The van der Waals surface area contributed by atoms with Crippen molar-refractivity contribution in [3.63, 3.8) is 0 Å². The van der Waals surface area contributed by atoms with Gasteiger partial charge in [-0.25, -0.2) is 0 Å². The van der Waals surface area contributed by atoms with Gasteiger partial charge in [-0.15, -0.1) is 11.3 Å². The summed E-state index contributed by atoms with van der Waals surface area (Å²) in [6.07, 6.45) is 3.26. The minimum Gasteiger partial charge on any atom is -0.384 e. The molecule has 2 heterocycles. The van der Waals surface area contributed by atoms with E-state index >= 15 is 0 Å². The molecule has 0 aliphatic carbocycles. The minimum absolute atomic E-state index is 0.158. The van der Waals surface area contributed by atoms with E-state index in [2.05, 4.69) is 16.4 Å². The number of nitrogens with zero attached hydrogens (tertiary/aromatic N) is 1. The fraction of sp³-hybridized carbons (Fsp3) is 0.231. The number of benzene rings is 1. The number of hydrogen-bond acceptors (Lipinski definition) is 4. The molecule has 0 radical (unpaired) electrons. The van der Waals surface area contributed by atoms with Crippen LogP contribution >= 0.6 is 11.3 Å². The Morgan fingerprint density at radius 2 is 2.41 bits per heavy atom. The molecule has 0 fully saturated rings. The molecule has 3 rings (SSSR count). The maximum absolute atomic E-state index is 12.1. The van der Waals surface area contributed by atoms with Gasteiger partial charge in [-0.05, 0) is 18.1 Å². The number of nitrogens with one attached hydrogen (secondary N) is 1. The Hall–Kier alpha value is -1.68. The normalized spacial score (nSPS) is 13.2. The molecule has 0 bridgehead atoms. The third-order valence-electron chi connectivity index (χ3n) is 2.96. The van der Waals surface area contributed by atoms with Crippen molar-refractivity contribution < 1.29 is 4.79 Å². The van der Waals surface area contributed by atoms with Gasteiger partial charge in [0.2, 0.25) is 0 Å². The lowest BCUT2D eigenvalue weighted by molar-refractivity contribution is 0.0994. The van der Waals surface area contributed by atoms with Crippen molar-refractivity contribution in [2.24, 2.45) is 0 Å². The van der Waals surface area contributed by atoms with Gasteiger partial charge in [0, 0.05) is 35.3 Å². The molecule has 0 atom stereocenters. The van der Waals surface area contributed by atoms with E-state index in [1.54, 1.807) is 11.7 Å². The van der Waals surface area contributed by atoms with Gasteiger partial charge in [-0.1, -0.05) is 12.1 Å². The summed E-state index contributed by atoms with van der Waals surface area (Å²) in [5.41, 5.74) is 4.96. The summed E-state index contributed by atoms with van der Waals surface area (Å²) in [6, 6.07) is 5.94. The third kappa shape index (κ3) is 2.08. The van der Waals surface area contributed by atoms with Crippen molar-refractivity contribution in [3.05, 3.63) is 45.9 Å². The van der Waals surface area contributed by atoms with Gasteiger partial charge in [0.25, 0.3) is 0 Å². The molecule has 17 heavy (non-hydrogen) atoms. The molecule has 1 aromatic carbocycles. The molecule has 4 heteroatoms. The number of anilines is 1. The Labute approximate surface area is 104 Å². The molecular formula is C13H12N2OS. The monoisotopic (exact) mass is 244 g/mol. The van der Waals surface area contributed by atoms with E-state index < -0.39 is 0 Å². The predicted molar refractivity (Wildman–Crippen MR) is 68.8 cm³/mol. The summed E-state index contributed by atoms with van der Waals surface area (Å²) in [5.74, 6) is 0.158. The summed E-state index contributed by atoms with van der Waals surface area (Å²) in [5, 5.41) is 3.29. The highest BCUT2D eigenvalue weighted by Crippen LogP contribution is 2.24. The van der Waals surface area contributed by atoms with Gasteiger partial charge in [0.15, 0.2) is 5.78 Å². The number of ketones is 1. The van der Waals surface area contributed by atoms with Gasteiger partial charge in [0.1, 0.15) is 0 Å². The number of thiazole rings is 1. The number of fused-ring (bicyclic) bond motifs is 1. The molecule has 0 saturated heterocycles. The first-order valence-electron chi connectivity index (χ1n) is 5.60. The first-order chi connectivity index (χ1) is 8.33. The van der Waals surface area contributed by atoms with Gasteiger partial charge < -0.3 is 5.32 Å². The Bertz CT molecular complexity index is 549. The van der Waals surface area contributed by atoms with Crippen molar-refractivity contribution >= 4 is 22.8 Å². The van der Waals surface area contributed by atoms with Gasteiger partial charge in [-0.2, -0.15) is 0 Å². The molecule has 86 valence electrons. The van der Waals surface area contributed by atoms with Crippen LogP contribution in [0.5, 0.6) is 0 Å². The first-order valence-corrected chi connectivity index (χ1v) is 6.48. The van der Waals surface area contributed by atoms with E-state index in [9.17, 15) is 4.79 Å². The largest absolute Gasteiger partial charge is 0.384 e. The van der Waals surface area contributed by atoms with Crippen molar-refractivity contribution in [3.8, 4) is 0 Å².